The molecule has 0 bridgehead atoms. The first-order valence-corrected chi connectivity index (χ1v) is 4.15. The fourth-order valence-corrected chi connectivity index (χ4v) is 1.25. The van der Waals surface area contributed by atoms with E-state index < -0.39 is 0 Å². The Kier molecular flexibility index (Phi) is 2.44. The van der Waals surface area contributed by atoms with Gasteiger partial charge in [0.05, 0.1) is 0 Å². The lowest BCUT2D eigenvalue weighted by Gasteiger charge is -2.00. The van der Waals surface area contributed by atoms with E-state index >= 15 is 0 Å². The van der Waals surface area contributed by atoms with E-state index in [1.54, 1.807) is 0 Å². The number of aryl methyl sites for hydroxylation is 2. The van der Waals surface area contributed by atoms with Gasteiger partial charge in [0.25, 0.3) is 0 Å². The standard InChI is InChI=1S/C8H10BrN/c1-3-7-6(2)4-5-8(9)10-7/h4-5H,3H2,1-2H3. The summed E-state index contributed by atoms with van der Waals surface area (Å²) in [6.07, 6.45) is 1.01. The van der Waals surface area contributed by atoms with Crippen molar-refractivity contribution in [1.82, 2.24) is 4.98 Å². The average Bonchev–Trinajstić information content (AvgIpc) is 1.94. The van der Waals surface area contributed by atoms with Crippen LogP contribution in [0.25, 0.3) is 0 Å². The molecule has 1 rings (SSSR count). The maximum atomic E-state index is 4.31. The smallest absolute Gasteiger partial charge is 0.106 e. The number of aromatic nitrogens is 1. The van der Waals surface area contributed by atoms with E-state index in [-0.39, 0.29) is 0 Å². The molecule has 0 aromatic carbocycles. The van der Waals surface area contributed by atoms with Crippen molar-refractivity contribution in [2.75, 3.05) is 0 Å². The van der Waals surface area contributed by atoms with Crippen LogP contribution in [0.5, 0.6) is 0 Å². The predicted octanol–water partition coefficient (Wildman–Crippen LogP) is 2.71. The normalized spacial score (nSPS) is 9.90. The third-order valence-corrected chi connectivity index (χ3v) is 1.94. The lowest BCUT2D eigenvalue weighted by molar-refractivity contribution is 0.995. The van der Waals surface area contributed by atoms with Crippen molar-refractivity contribution in [2.45, 2.75) is 20.3 Å². The zero-order valence-corrected chi connectivity index (χ0v) is 7.77. The van der Waals surface area contributed by atoms with Gasteiger partial charge < -0.3 is 0 Å². The molecule has 0 saturated heterocycles. The fraction of sp³-hybridized carbons (Fsp3) is 0.375. The molecule has 0 aliphatic heterocycles. The van der Waals surface area contributed by atoms with Gasteiger partial charge in [-0.1, -0.05) is 13.0 Å². The highest BCUT2D eigenvalue weighted by Crippen LogP contribution is 2.11. The van der Waals surface area contributed by atoms with Crippen LogP contribution >= 0.6 is 15.9 Å². The summed E-state index contributed by atoms with van der Waals surface area (Å²) in [6.45, 7) is 4.19. The molecule has 0 saturated carbocycles. The maximum Gasteiger partial charge on any atom is 0.106 e. The summed E-state index contributed by atoms with van der Waals surface area (Å²) in [4.78, 5) is 4.31. The molecule has 0 aliphatic carbocycles. The van der Waals surface area contributed by atoms with Crippen LogP contribution in [0.1, 0.15) is 18.2 Å². The van der Waals surface area contributed by atoms with Crippen LogP contribution in [0.4, 0.5) is 0 Å². The Morgan fingerprint density at radius 2 is 2.20 bits per heavy atom. The molecular weight excluding hydrogens is 190 g/mol. The molecule has 2 heteroatoms. The van der Waals surface area contributed by atoms with Gasteiger partial charge in [0.15, 0.2) is 0 Å². The summed E-state index contributed by atoms with van der Waals surface area (Å²) in [6, 6.07) is 4.05. The minimum atomic E-state index is 0.926. The Hall–Kier alpha value is -0.370. The molecule has 0 atom stereocenters. The number of hydrogen-bond donors (Lipinski definition) is 0. The molecule has 10 heavy (non-hydrogen) atoms. The van der Waals surface area contributed by atoms with Gasteiger partial charge in [-0.3, -0.25) is 0 Å². The van der Waals surface area contributed by atoms with Crippen LogP contribution in [0.3, 0.4) is 0 Å². The fourth-order valence-electron chi connectivity index (χ4n) is 0.902. The molecule has 0 fully saturated rings. The van der Waals surface area contributed by atoms with E-state index in [0.29, 0.717) is 0 Å². The summed E-state index contributed by atoms with van der Waals surface area (Å²) in [5.74, 6) is 0. The predicted molar refractivity (Wildman–Crippen MR) is 46.1 cm³/mol. The summed E-state index contributed by atoms with van der Waals surface area (Å²) < 4.78 is 0.926. The van der Waals surface area contributed by atoms with Gasteiger partial charge in [-0.2, -0.15) is 0 Å². The van der Waals surface area contributed by atoms with E-state index in [0.717, 1.165) is 11.0 Å². The van der Waals surface area contributed by atoms with Gasteiger partial charge in [0.1, 0.15) is 4.60 Å². The third kappa shape index (κ3) is 1.57. The SMILES string of the molecule is CCc1nc(Br)ccc1C. The molecule has 1 aromatic heterocycles. The topological polar surface area (TPSA) is 12.9 Å². The number of rotatable bonds is 1. The zero-order chi connectivity index (χ0) is 7.56. The van der Waals surface area contributed by atoms with Gasteiger partial charge in [0, 0.05) is 5.69 Å². The van der Waals surface area contributed by atoms with Crippen LogP contribution in [-0.4, -0.2) is 4.98 Å². The van der Waals surface area contributed by atoms with Gasteiger partial charge in [-0.25, -0.2) is 4.98 Å². The summed E-state index contributed by atoms with van der Waals surface area (Å²) in [5.41, 5.74) is 2.44. The largest absolute Gasteiger partial charge is 0.246 e. The van der Waals surface area contributed by atoms with Gasteiger partial charge in [0.2, 0.25) is 0 Å². The van der Waals surface area contributed by atoms with Crippen molar-refractivity contribution >= 4 is 15.9 Å². The Morgan fingerprint density at radius 3 is 2.70 bits per heavy atom. The first kappa shape index (κ1) is 7.73. The minimum absolute atomic E-state index is 0.926. The molecular formula is C8H10BrN. The Labute approximate surface area is 69.6 Å². The second kappa shape index (κ2) is 3.15. The molecule has 0 unspecified atom stereocenters. The second-order valence-corrected chi connectivity index (χ2v) is 3.06. The average molecular weight is 200 g/mol. The zero-order valence-electron chi connectivity index (χ0n) is 6.19. The van der Waals surface area contributed by atoms with E-state index in [4.69, 9.17) is 0 Å². The third-order valence-electron chi connectivity index (χ3n) is 1.50. The number of halogens is 1. The van der Waals surface area contributed by atoms with Crippen LogP contribution < -0.4 is 0 Å². The van der Waals surface area contributed by atoms with Crippen molar-refractivity contribution < 1.29 is 0 Å². The van der Waals surface area contributed by atoms with Crippen LogP contribution in [0, 0.1) is 6.92 Å². The van der Waals surface area contributed by atoms with Crippen molar-refractivity contribution in [1.29, 1.82) is 0 Å². The first-order chi connectivity index (χ1) is 4.74. The molecule has 54 valence electrons. The summed E-state index contributed by atoms with van der Waals surface area (Å²) in [5, 5.41) is 0. The lowest BCUT2D eigenvalue weighted by Crippen LogP contribution is -1.90. The number of hydrogen-bond acceptors (Lipinski definition) is 1. The summed E-state index contributed by atoms with van der Waals surface area (Å²) >= 11 is 3.33. The maximum absolute atomic E-state index is 4.31. The van der Waals surface area contributed by atoms with E-state index in [2.05, 4.69) is 40.8 Å². The molecule has 1 aromatic rings. The highest BCUT2D eigenvalue weighted by atomic mass is 79.9. The molecule has 0 amide bonds. The quantitative estimate of drug-likeness (QED) is 0.635. The minimum Gasteiger partial charge on any atom is -0.246 e. The van der Waals surface area contributed by atoms with E-state index in [1.165, 1.54) is 11.3 Å². The van der Waals surface area contributed by atoms with Crippen molar-refractivity contribution in [3.8, 4) is 0 Å². The van der Waals surface area contributed by atoms with Gasteiger partial charge in [-0.05, 0) is 40.9 Å². The first-order valence-electron chi connectivity index (χ1n) is 3.36. The molecule has 0 spiro atoms. The Morgan fingerprint density at radius 1 is 1.50 bits per heavy atom. The number of nitrogens with zero attached hydrogens (tertiary/aromatic N) is 1. The summed E-state index contributed by atoms with van der Waals surface area (Å²) in [7, 11) is 0. The molecule has 1 heterocycles. The molecule has 0 N–H and O–H groups in total. The number of pyridine rings is 1. The van der Waals surface area contributed by atoms with Crippen LogP contribution in [0.15, 0.2) is 16.7 Å². The van der Waals surface area contributed by atoms with Crippen molar-refractivity contribution in [2.24, 2.45) is 0 Å². The molecule has 0 aliphatic rings. The van der Waals surface area contributed by atoms with E-state index in [1.807, 2.05) is 6.07 Å². The van der Waals surface area contributed by atoms with Crippen LogP contribution in [0.2, 0.25) is 0 Å². The molecule has 1 nitrogen and oxygen atoms in total. The van der Waals surface area contributed by atoms with E-state index in [9.17, 15) is 0 Å². The Balaban J connectivity index is 3.09. The Bertz CT molecular complexity index is 233. The van der Waals surface area contributed by atoms with Gasteiger partial charge in [-0.15, -0.1) is 0 Å². The monoisotopic (exact) mass is 199 g/mol. The second-order valence-electron chi connectivity index (χ2n) is 2.25. The van der Waals surface area contributed by atoms with Crippen LogP contribution in [-0.2, 0) is 6.42 Å². The van der Waals surface area contributed by atoms with Crippen molar-refractivity contribution in [3.63, 3.8) is 0 Å². The van der Waals surface area contributed by atoms with Crippen molar-refractivity contribution in [3.05, 3.63) is 28.0 Å². The van der Waals surface area contributed by atoms with Gasteiger partial charge >= 0.3 is 0 Å². The highest BCUT2D eigenvalue weighted by Gasteiger charge is 1.96. The highest BCUT2D eigenvalue weighted by molar-refractivity contribution is 9.10. The lowest BCUT2D eigenvalue weighted by atomic mass is 10.2. The molecule has 0 radical (unpaired) electrons.